The molecule has 82 valence electrons. The summed E-state index contributed by atoms with van der Waals surface area (Å²) in [6, 6.07) is 5.89. The summed E-state index contributed by atoms with van der Waals surface area (Å²) in [6.45, 7) is 2.75. The van der Waals surface area contributed by atoms with E-state index in [1.807, 2.05) is 0 Å². The van der Waals surface area contributed by atoms with E-state index >= 15 is 0 Å². The van der Waals surface area contributed by atoms with Crippen molar-refractivity contribution >= 4 is 5.97 Å². The highest BCUT2D eigenvalue weighted by Crippen LogP contribution is 2.26. The number of benzene rings is 1. The number of aliphatic carboxylic acids is 1. The van der Waals surface area contributed by atoms with Crippen LogP contribution in [-0.4, -0.2) is 16.2 Å². The largest absolute Gasteiger partial charge is 0.479 e. The normalized spacial score (nSPS) is 13.6. The molecule has 3 nitrogen and oxygen atoms in total. The molecule has 0 aliphatic heterocycles. The number of carboxylic acids is 1. The van der Waals surface area contributed by atoms with Gasteiger partial charge in [0.1, 0.15) is 5.67 Å². The molecule has 0 amide bonds. The van der Waals surface area contributed by atoms with Gasteiger partial charge in [-0.3, -0.25) is 0 Å². The lowest BCUT2D eigenvalue weighted by molar-refractivity contribution is -0.146. The fourth-order valence-electron chi connectivity index (χ4n) is 1.22. The van der Waals surface area contributed by atoms with Crippen LogP contribution in [-0.2, 0) is 10.5 Å². The molecule has 1 aromatic carbocycles. The molecule has 0 saturated heterocycles. The molecule has 1 unspecified atom stereocenters. The molecular weight excluding hydrogens is 199 g/mol. The first kappa shape index (κ1) is 11.7. The zero-order valence-electron chi connectivity index (χ0n) is 8.57. The van der Waals surface area contributed by atoms with Gasteiger partial charge in [0.2, 0.25) is 0 Å². The number of alkyl halides is 1. The molecule has 0 saturated carbocycles. The fourth-order valence-corrected chi connectivity index (χ4v) is 1.22. The Labute approximate surface area is 87.2 Å². The maximum Gasteiger partial charge on any atom is 0.337 e. The molecule has 0 aliphatic carbocycles. The zero-order valence-corrected chi connectivity index (χ0v) is 8.57. The maximum absolute atomic E-state index is 13.5. The van der Waals surface area contributed by atoms with E-state index in [2.05, 4.69) is 0 Å². The molecule has 4 heteroatoms. The summed E-state index contributed by atoms with van der Waals surface area (Å²) >= 11 is 0. The number of hydrogen-bond acceptors (Lipinski definition) is 2. The van der Waals surface area contributed by atoms with Crippen LogP contribution in [0.3, 0.4) is 0 Å². The lowest BCUT2D eigenvalue weighted by Crippen LogP contribution is -2.13. The maximum atomic E-state index is 13.5. The summed E-state index contributed by atoms with van der Waals surface area (Å²) in [7, 11) is 0. The standard InChI is InChI=1S/C11H13FO3/c1-11(2,12)8-5-3-4-7(6-8)9(13)10(14)15/h3-6,9,13H,1-2H3,(H,14,15). The van der Waals surface area contributed by atoms with Crippen LogP contribution >= 0.6 is 0 Å². The van der Waals surface area contributed by atoms with Crippen molar-refractivity contribution in [3.05, 3.63) is 35.4 Å². The van der Waals surface area contributed by atoms with Gasteiger partial charge in [-0.15, -0.1) is 0 Å². The van der Waals surface area contributed by atoms with Gasteiger partial charge in [-0.2, -0.15) is 0 Å². The van der Waals surface area contributed by atoms with E-state index < -0.39 is 17.7 Å². The minimum atomic E-state index is -1.60. The first-order valence-electron chi connectivity index (χ1n) is 4.52. The average Bonchev–Trinajstić information content (AvgIpc) is 2.15. The minimum Gasteiger partial charge on any atom is -0.479 e. The fraction of sp³-hybridized carbons (Fsp3) is 0.364. The second kappa shape index (κ2) is 3.98. The number of aliphatic hydroxyl groups excluding tert-OH is 1. The summed E-state index contributed by atoms with van der Waals surface area (Å²) in [6.07, 6.45) is -1.60. The number of rotatable bonds is 3. The summed E-state index contributed by atoms with van der Waals surface area (Å²) in [5.74, 6) is -1.34. The van der Waals surface area contributed by atoms with Crippen molar-refractivity contribution in [2.24, 2.45) is 0 Å². The Hall–Kier alpha value is -1.42. The van der Waals surface area contributed by atoms with Gasteiger partial charge >= 0.3 is 5.97 Å². The van der Waals surface area contributed by atoms with Gasteiger partial charge in [0.15, 0.2) is 6.10 Å². The molecule has 1 atom stereocenters. The highest BCUT2D eigenvalue weighted by molar-refractivity contribution is 5.74. The first-order chi connectivity index (χ1) is 6.82. The van der Waals surface area contributed by atoms with Gasteiger partial charge in [-0.1, -0.05) is 18.2 Å². The molecule has 1 rings (SSSR count). The van der Waals surface area contributed by atoms with Gasteiger partial charge in [0.25, 0.3) is 0 Å². The van der Waals surface area contributed by atoms with Crippen LogP contribution in [0.1, 0.15) is 31.1 Å². The molecule has 1 aromatic rings. The van der Waals surface area contributed by atoms with Crippen molar-refractivity contribution in [1.82, 2.24) is 0 Å². The van der Waals surface area contributed by atoms with E-state index in [1.165, 1.54) is 32.0 Å². The van der Waals surface area contributed by atoms with Gasteiger partial charge in [-0.05, 0) is 31.0 Å². The third-order valence-corrected chi connectivity index (χ3v) is 2.12. The van der Waals surface area contributed by atoms with Gasteiger partial charge in [0.05, 0.1) is 0 Å². The molecule has 0 fully saturated rings. The first-order valence-corrected chi connectivity index (χ1v) is 4.52. The Bertz CT molecular complexity index is 368. The van der Waals surface area contributed by atoms with Gasteiger partial charge in [0, 0.05) is 0 Å². The Kier molecular flexibility index (Phi) is 3.09. The summed E-state index contributed by atoms with van der Waals surface area (Å²) < 4.78 is 13.5. The molecular formula is C11H13FO3. The average molecular weight is 212 g/mol. The van der Waals surface area contributed by atoms with Crippen molar-refractivity contribution in [3.8, 4) is 0 Å². The number of carbonyl (C=O) groups is 1. The van der Waals surface area contributed by atoms with Crippen molar-refractivity contribution in [2.75, 3.05) is 0 Å². The van der Waals surface area contributed by atoms with E-state index in [4.69, 9.17) is 5.11 Å². The Morgan fingerprint density at radius 1 is 1.47 bits per heavy atom. The third-order valence-electron chi connectivity index (χ3n) is 2.12. The predicted octanol–water partition coefficient (Wildman–Crippen LogP) is 2.01. The monoisotopic (exact) mass is 212 g/mol. The van der Waals surface area contributed by atoms with Crippen LogP contribution in [0.25, 0.3) is 0 Å². The number of carboxylic acid groups (broad SMARTS) is 1. The van der Waals surface area contributed by atoms with Crippen LogP contribution in [0.15, 0.2) is 24.3 Å². The summed E-state index contributed by atoms with van der Waals surface area (Å²) in [5.41, 5.74) is -1.01. The van der Waals surface area contributed by atoms with Crippen molar-refractivity contribution in [2.45, 2.75) is 25.6 Å². The van der Waals surface area contributed by atoms with Crippen LogP contribution in [0.2, 0.25) is 0 Å². The number of aliphatic hydroxyl groups is 1. The van der Waals surface area contributed by atoms with E-state index in [0.29, 0.717) is 5.56 Å². The second-order valence-corrected chi connectivity index (χ2v) is 3.84. The van der Waals surface area contributed by atoms with Gasteiger partial charge in [-0.25, -0.2) is 9.18 Å². The molecule has 0 aromatic heterocycles. The lowest BCUT2D eigenvalue weighted by Gasteiger charge is -2.16. The smallest absolute Gasteiger partial charge is 0.337 e. The summed E-state index contributed by atoms with van der Waals surface area (Å²) in [4.78, 5) is 10.5. The molecule has 15 heavy (non-hydrogen) atoms. The van der Waals surface area contributed by atoms with E-state index in [1.54, 1.807) is 6.07 Å². The predicted molar refractivity (Wildman–Crippen MR) is 53.2 cm³/mol. The Morgan fingerprint density at radius 2 is 2.07 bits per heavy atom. The SMILES string of the molecule is CC(C)(F)c1cccc(C(O)C(=O)O)c1. The van der Waals surface area contributed by atoms with E-state index in [9.17, 15) is 14.3 Å². The molecule has 2 N–H and O–H groups in total. The minimum absolute atomic E-state index is 0.186. The van der Waals surface area contributed by atoms with Crippen LogP contribution < -0.4 is 0 Å². The van der Waals surface area contributed by atoms with Crippen LogP contribution in [0.4, 0.5) is 4.39 Å². The molecule has 0 spiro atoms. The van der Waals surface area contributed by atoms with Crippen molar-refractivity contribution in [3.63, 3.8) is 0 Å². The van der Waals surface area contributed by atoms with Crippen LogP contribution in [0, 0.1) is 0 Å². The lowest BCUT2D eigenvalue weighted by atomic mass is 9.96. The summed E-state index contributed by atoms with van der Waals surface area (Å²) in [5, 5.41) is 17.9. The molecule has 0 heterocycles. The van der Waals surface area contributed by atoms with Crippen molar-refractivity contribution in [1.29, 1.82) is 0 Å². The van der Waals surface area contributed by atoms with Crippen molar-refractivity contribution < 1.29 is 19.4 Å². The number of halogens is 1. The number of hydrogen-bond donors (Lipinski definition) is 2. The molecule has 0 bridgehead atoms. The van der Waals surface area contributed by atoms with E-state index in [-0.39, 0.29) is 5.56 Å². The zero-order chi connectivity index (χ0) is 11.6. The molecule has 0 aliphatic rings. The highest BCUT2D eigenvalue weighted by Gasteiger charge is 2.22. The Morgan fingerprint density at radius 3 is 2.53 bits per heavy atom. The van der Waals surface area contributed by atoms with E-state index in [0.717, 1.165) is 0 Å². The highest BCUT2D eigenvalue weighted by atomic mass is 19.1. The van der Waals surface area contributed by atoms with Crippen LogP contribution in [0.5, 0.6) is 0 Å². The Balaban J connectivity index is 3.08. The second-order valence-electron chi connectivity index (χ2n) is 3.84. The topological polar surface area (TPSA) is 57.5 Å². The van der Waals surface area contributed by atoms with Gasteiger partial charge < -0.3 is 10.2 Å². The third kappa shape index (κ3) is 2.76. The molecule has 0 radical (unpaired) electrons. The quantitative estimate of drug-likeness (QED) is 0.805.